The van der Waals surface area contributed by atoms with Crippen molar-refractivity contribution in [2.75, 3.05) is 0 Å². The number of rotatable bonds is 3. The van der Waals surface area contributed by atoms with E-state index >= 15 is 0 Å². The number of aliphatic hydroxyl groups excluding tert-OH is 1. The number of hydrogen-bond acceptors (Lipinski definition) is 3. The average molecular weight is 227 g/mol. The van der Waals surface area contributed by atoms with Crippen molar-refractivity contribution in [1.82, 2.24) is 0 Å². The largest absolute Gasteiger partial charge is 0.411 e. The molecule has 2 aromatic rings. The number of nitrogens with zero attached hydrogens (tertiary/aromatic N) is 1. The van der Waals surface area contributed by atoms with Gasteiger partial charge in [-0.25, -0.2) is 0 Å². The molecule has 2 N–H and O–H groups in total. The maximum Gasteiger partial charge on any atom is 0.125 e. The molecule has 3 nitrogen and oxygen atoms in total. The summed E-state index contributed by atoms with van der Waals surface area (Å²) < 4.78 is 0. The Hall–Kier alpha value is -2.13. The summed E-state index contributed by atoms with van der Waals surface area (Å²) in [5.41, 5.74) is 1.65. The fraction of sp³-hybridized carbons (Fsp3) is 0.0714. The molecule has 0 amide bonds. The third kappa shape index (κ3) is 2.52. The topological polar surface area (TPSA) is 52.8 Å². The fourth-order valence-corrected chi connectivity index (χ4v) is 1.67. The Bertz CT molecular complexity index is 494. The van der Waals surface area contributed by atoms with Crippen molar-refractivity contribution in [2.24, 2.45) is 5.16 Å². The second kappa shape index (κ2) is 5.27. The number of benzene rings is 2. The van der Waals surface area contributed by atoms with E-state index in [2.05, 4.69) is 5.16 Å². The second-order valence-electron chi connectivity index (χ2n) is 3.66. The normalized spacial score (nSPS) is 13.4. The Kier molecular flexibility index (Phi) is 3.52. The van der Waals surface area contributed by atoms with Crippen molar-refractivity contribution < 1.29 is 10.3 Å². The van der Waals surface area contributed by atoms with E-state index in [9.17, 15) is 5.11 Å². The Morgan fingerprint density at radius 2 is 1.41 bits per heavy atom. The van der Waals surface area contributed by atoms with Crippen molar-refractivity contribution >= 4 is 5.71 Å². The fourth-order valence-electron chi connectivity index (χ4n) is 1.67. The number of aliphatic hydroxyl groups is 1. The monoisotopic (exact) mass is 227 g/mol. The van der Waals surface area contributed by atoms with Crippen molar-refractivity contribution in [1.29, 1.82) is 0 Å². The highest BCUT2D eigenvalue weighted by molar-refractivity contribution is 6.03. The minimum Gasteiger partial charge on any atom is -0.411 e. The molecule has 0 heterocycles. The first-order chi connectivity index (χ1) is 8.33. The van der Waals surface area contributed by atoms with E-state index in [1.54, 1.807) is 24.3 Å². The molecule has 0 spiro atoms. The van der Waals surface area contributed by atoms with E-state index in [-0.39, 0.29) is 5.71 Å². The van der Waals surface area contributed by atoms with E-state index in [1.807, 2.05) is 36.4 Å². The van der Waals surface area contributed by atoms with Crippen molar-refractivity contribution in [3.63, 3.8) is 0 Å². The van der Waals surface area contributed by atoms with Crippen LogP contribution in [0, 0.1) is 0 Å². The quantitative estimate of drug-likeness (QED) is 0.481. The SMILES string of the molecule is O/N=C(/c1ccccc1)[C@H](O)c1ccccc1. The summed E-state index contributed by atoms with van der Waals surface area (Å²) >= 11 is 0. The van der Waals surface area contributed by atoms with E-state index < -0.39 is 6.10 Å². The van der Waals surface area contributed by atoms with Gasteiger partial charge in [-0.2, -0.15) is 0 Å². The molecular weight excluding hydrogens is 214 g/mol. The van der Waals surface area contributed by atoms with E-state index in [4.69, 9.17) is 5.21 Å². The maximum atomic E-state index is 10.1. The van der Waals surface area contributed by atoms with Gasteiger partial charge in [0.1, 0.15) is 11.8 Å². The summed E-state index contributed by atoms with van der Waals surface area (Å²) in [7, 11) is 0. The van der Waals surface area contributed by atoms with Gasteiger partial charge in [0, 0.05) is 5.56 Å². The second-order valence-corrected chi connectivity index (χ2v) is 3.66. The third-order valence-electron chi connectivity index (χ3n) is 2.55. The molecule has 2 aromatic carbocycles. The Morgan fingerprint density at radius 1 is 0.882 bits per heavy atom. The molecule has 2 rings (SSSR count). The lowest BCUT2D eigenvalue weighted by molar-refractivity contribution is 0.235. The van der Waals surface area contributed by atoms with Gasteiger partial charge >= 0.3 is 0 Å². The zero-order valence-electron chi connectivity index (χ0n) is 9.19. The van der Waals surface area contributed by atoms with Crippen LogP contribution in [0.1, 0.15) is 17.2 Å². The molecule has 17 heavy (non-hydrogen) atoms. The van der Waals surface area contributed by atoms with E-state index in [1.165, 1.54) is 0 Å². The lowest BCUT2D eigenvalue weighted by Crippen LogP contribution is -2.13. The molecule has 0 aliphatic heterocycles. The third-order valence-corrected chi connectivity index (χ3v) is 2.55. The zero-order chi connectivity index (χ0) is 12.1. The van der Waals surface area contributed by atoms with E-state index in [0.717, 1.165) is 0 Å². The predicted octanol–water partition coefficient (Wildman–Crippen LogP) is 2.60. The van der Waals surface area contributed by atoms with Crippen LogP contribution >= 0.6 is 0 Å². The smallest absolute Gasteiger partial charge is 0.125 e. The van der Waals surface area contributed by atoms with Crippen LogP contribution in [0.25, 0.3) is 0 Å². The average Bonchev–Trinajstić information content (AvgIpc) is 2.42. The van der Waals surface area contributed by atoms with Crippen LogP contribution in [0.3, 0.4) is 0 Å². The number of hydrogen-bond donors (Lipinski definition) is 2. The molecule has 0 aliphatic rings. The first-order valence-corrected chi connectivity index (χ1v) is 5.33. The zero-order valence-corrected chi connectivity index (χ0v) is 9.19. The van der Waals surface area contributed by atoms with E-state index in [0.29, 0.717) is 11.1 Å². The Labute approximate surface area is 99.7 Å². The van der Waals surface area contributed by atoms with Crippen molar-refractivity contribution in [2.45, 2.75) is 6.10 Å². The van der Waals surface area contributed by atoms with Gasteiger partial charge in [-0.3, -0.25) is 0 Å². The summed E-state index contributed by atoms with van der Waals surface area (Å²) in [6.45, 7) is 0. The van der Waals surface area contributed by atoms with Gasteiger partial charge < -0.3 is 10.3 Å². The maximum absolute atomic E-state index is 10.1. The van der Waals surface area contributed by atoms with Gasteiger partial charge in [0.2, 0.25) is 0 Å². The van der Waals surface area contributed by atoms with Crippen LogP contribution < -0.4 is 0 Å². The summed E-state index contributed by atoms with van der Waals surface area (Å²) in [5.74, 6) is 0. The molecule has 0 saturated heterocycles. The van der Waals surface area contributed by atoms with Gasteiger partial charge in [0.05, 0.1) is 0 Å². The minimum atomic E-state index is -0.927. The van der Waals surface area contributed by atoms with Crippen molar-refractivity contribution in [3.05, 3.63) is 71.8 Å². The van der Waals surface area contributed by atoms with Gasteiger partial charge in [-0.05, 0) is 5.56 Å². The summed E-state index contributed by atoms with van der Waals surface area (Å²) in [4.78, 5) is 0. The van der Waals surface area contributed by atoms with Gasteiger partial charge in [-0.1, -0.05) is 65.8 Å². The first-order valence-electron chi connectivity index (χ1n) is 5.33. The first kappa shape index (κ1) is 11.4. The highest BCUT2D eigenvalue weighted by Gasteiger charge is 2.17. The van der Waals surface area contributed by atoms with Crippen LogP contribution in [0.4, 0.5) is 0 Å². The number of oxime groups is 1. The van der Waals surface area contributed by atoms with Crippen LogP contribution in [0.15, 0.2) is 65.8 Å². The minimum absolute atomic E-state index is 0.247. The van der Waals surface area contributed by atoms with Crippen molar-refractivity contribution in [3.8, 4) is 0 Å². The highest BCUT2D eigenvalue weighted by atomic mass is 16.4. The lowest BCUT2D eigenvalue weighted by atomic mass is 9.99. The summed E-state index contributed by atoms with van der Waals surface area (Å²) in [6.07, 6.45) is -0.927. The molecule has 0 aliphatic carbocycles. The molecule has 86 valence electrons. The van der Waals surface area contributed by atoms with Gasteiger partial charge in [0.25, 0.3) is 0 Å². The Morgan fingerprint density at radius 3 is 1.94 bits per heavy atom. The summed E-state index contributed by atoms with van der Waals surface area (Å²) in [5, 5.41) is 22.4. The molecule has 0 fully saturated rings. The van der Waals surface area contributed by atoms with Gasteiger partial charge in [-0.15, -0.1) is 0 Å². The molecular formula is C14H13NO2. The lowest BCUT2D eigenvalue weighted by Gasteiger charge is -2.12. The molecule has 0 unspecified atom stereocenters. The van der Waals surface area contributed by atoms with Gasteiger partial charge in [0.15, 0.2) is 0 Å². The predicted molar refractivity (Wildman–Crippen MR) is 66.2 cm³/mol. The molecule has 0 saturated carbocycles. The molecule has 3 heteroatoms. The Balaban J connectivity index is 2.33. The molecule has 0 bridgehead atoms. The molecule has 0 radical (unpaired) electrons. The highest BCUT2D eigenvalue weighted by Crippen LogP contribution is 2.18. The summed E-state index contributed by atoms with van der Waals surface area (Å²) in [6, 6.07) is 18.2. The molecule has 1 atom stereocenters. The molecule has 0 aromatic heterocycles. The van der Waals surface area contributed by atoms with Crippen LogP contribution in [-0.2, 0) is 0 Å². The van der Waals surface area contributed by atoms with Crippen LogP contribution in [-0.4, -0.2) is 16.0 Å². The van der Waals surface area contributed by atoms with Crippen LogP contribution in [0.2, 0.25) is 0 Å². The van der Waals surface area contributed by atoms with Crippen LogP contribution in [0.5, 0.6) is 0 Å². The standard InChI is InChI=1S/C14H13NO2/c16-14(12-9-5-2-6-10-12)13(15-17)11-7-3-1-4-8-11/h1-10,14,16-17H/b15-13-/t14-/m1/s1.